The molecule has 1 atom stereocenters. The van der Waals surface area contributed by atoms with Crippen LogP contribution in [0.1, 0.15) is 45.4 Å². The number of rotatable bonds is 8. The van der Waals surface area contributed by atoms with Gasteiger partial charge in [0.05, 0.1) is 0 Å². The lowest BCUT2D eigenvalue weighted by molar-refractivity contribution is 0.660. The first-order chi connectivity index (χ1) is 7.81. The molecule has 0 aromatic carbocycles. The first-order valence-corrected chi connectivity index (χ1v) is 6.44. The van der Waals surface area contributed by atoms with Crippen molar-refractivity contribution >= 4 is 0 Å². The van der Waals surface area contributed by atoms with Crippen LogP contribution in [0.4, 0.5) is 0 Å². The van der Waals surface area contributed by atoms with Crippen molar-refractivity contribution in [3.63, 3.8) is 0 Å². The normalized spacial score (nSPS) is 19.2. The number of unbranched alkanes of at least 4 members (excludes halogenated alkanes) is 2. The van der Waals surface area contributed by atoms with E-state index in [9.17, 15) is 0 Å². The second-order valence-corrected chi connectivity index (χ2v) is 4.54. The Morgan fingerprint density at radius 2 is 2.06 bits per heavy atom. The predicted molar refractivity (Wildman–Crippen MR) is 73.4 cm³/mol. The van der Waals surface area contributed by atoms with Gasteiger partial charge in [0, 0.05) is 5.92 Å². The molecule has 16 heavy (non-hydrogen) atoms. The Labute approximate surface area is 100 Å². The van der Waals surface area contributed by atoms with Gasteiger partial charge < -0.3 is 0 Å². The van der Waals surface area contributed by atoms with Crippen molar-refractivity contribution in [1.82, 2.24) is 0 Å². The second kappa shape index (κ2) is 7.27. The Balaban J connectivity index is 2.55. The van der Waals surface area contributed by atoms with E-state index in [0.717, 1.165) is 12.8 Å². The highest BCUT2D eigenvalue weighted by atomic mass is 14.2. The van der Waals surface area contributed by atoms with Crippen molar-refractivity contribution < 1.29 is 0 Å². The summed E-state index contributed by atoms with van der Waals surface area (Å²) in [6, 6.07) is 0. The Morgan fingerprint density at radius 3 is 2.69 bits per heavy atom. The van der Waals surface area contributed by atoms with E-state index in [1.807, 2.05) is 12.2 Å². The van der Waals surface area contributed by atoms with E-state index in [2.05, 4.69) is 32.2 Å². The fraction of sp³-hybridized carbons (Fsp3) is 0.500. The lowest BCUT2D eigenvalue weighted by atomic mass is 9.94. The molecule has 0 saturated carbocycles. The summed E-state index contributed by atoms with van der Waals surface area (Å²) in [5.74, 6) is 0.615. The quantitative estimate of drug-likeness (QED) is 0.386. The minimum atomic E-state index is 0.615. The Morgan fingerprint density at radius 1 is 1.25 bits per heavy atom. The van der Waals surface area contributed by atoms with Crippen LogP contribution in [0.15, 0.2) is 48.6 Å². The first-order valence-electron chi connectivity index (χ1n) is 6.44. The summed E-state index contributed by atoms with van der Waals surface area (Å²) >= 11 is 0. The van der Waals surface area contributed by atoms with Crippen molar-refractivity contribution in [2.45, 2.75) is 45.4 Å². The van der Waals surface area contributed by atoms with Gasteiger partial charge in [-0.1, -0.05) is 49.6 Å². The maximum absolute atomic E-state index is 3.85. The van der Waals surface area contributed by atoms with Gasteiger partial charge in [0.25, 0.3) is 0 Å². The van der Waals surface area contributed by atoms with E-state index in [1.54, 1.807) is 5.57 Å². The van der Waals surface area contributed by atoms with E-state index in [-0.39, 0.29) is 0 Å². The zero-order valence-corrected chi connectivity index (χ0v) is 10.5. The van der Waals surface area contributed by atoms with Crippen LogP contribution in [-0.4, -0.2) is 0 Å². The van der Waals surface area contributed by atoms with Gasteiger partial charge >= 0.3 is 0 Å². The molecule has 0 spiro atoms. The van der Waals surface area contributed by atoms with Gasteiger partial charge in [0.2, 0.25) is 0 Å². The van der Waals surface area contributed by atoms with Crippen LogP contribution >= 0.6 is 0 Å². The maximum Gasteiger partial charge on any atom is 0.00203 e. The molecule has 0 aliphatic heterocycles. The molecule has 1 rings (SSSR count). The van der Waals surface area contributed by atoms with Crippen LogP contribution < -0.4 is 0 Å². The van der Waals surface area contributed by atoms with Gasteiger partial charge in [-0.25, -0.2) is 0 Å². The van der Waals surface area contributed by atoms with E-state index < -0.39 is 0 Å². The topological polar surface area (TPSA) is 0 Å². The summed E-state index contributed by atoms with van der Waals surface area (Å²) in [4.78, 5) is 0. The predicted octanol–water partition coefficient (Wildman–Crippen LogP) is 5.20. The third-order valence-corrected chi connectivity index (χ3v) is 3.13. The van der Waals surface area contributed by atoms with E-state index >= 15 is 0 Å². The van der Waals surface area contributed by atoms with Crippen molar-refractivity contribution in [3.05, 3.63) is 48.6 Å². The van der Waals surface area contributed by atoms with Crippen molar-refractivity contribution in [1.29, 1.82) is 0 Å². The van der Waals surface area contributed by atoms with E-state index in [4.69, 9.17) is 0 Å². The standard InChI is InChI=1S/C16H24/c1-4-7-8-11-16-13-14(9-5-2)12-15(16)10-6-3/h5-6,12-13,15H,2-4,7-11H2,1H3. The molecular formula is C16H24. The summed E-state index contributed by atoms with van der Waals surface area (Å²) in [5.41, 5.74) is 3.04. The summed E-state index contributed by atoms with van der Waals surface area (Å²) in [7, 11) is 0. The van der Waals surface area contributed by atoms with Crippen molar-refractivity contribution in [2.75, 3.05) is 0 Å². The summed E-state index contributed by atoms with van der Waals surface area (Å²) in [6.45, 7) is 9.91. The monoisotopic (exact) mass is 216 g/mol. The molecule has 0 aromatic heterocycles. The molecule has 1 aliphatic rings. The Hall–Kier alpha value is -1.04. The Kier molecular flexibility index (Phi) is 5.92. The first kappa shape index (κ1) is 13.0. The fourth-order valence-electron chi connectivity index (χ4n) is 2.29. The summed E-state index contributed by atoms with van der Waals surface area (Å²) in [6.07, 6.45) is 16.1. The molecule has 0 saturated heterocycles. The van der Waals surface area contributed by atoms with Crippen LogP contribution in [0, 0.1) is 5.92 Å². The molecule has 0 nitrogen and oxygen atoms in total. The summed E-state index contributed by atoms with van der Waals surface area (Å²) < 4.78 is 0. The zero-order valence-electron chi connectivity index (χ0n) is 10.5. The minimum Gasteiger partial charge on any atom is -0.103 e. The average molecular weight is 216 g/mol. The number of hydrogen-bond donors (Lipinski definition) is 0. The van der Waals surface area contributed by atoms with Gasteiger partial charge in [-0.15, -0.1) is 13.2 Å². The second-order valence-electron chi connectivity index (χ2n) is 4.54. The third-order valence-electron chi connectivity index (χ3n) is 3.13. The molecule has 0 N–H and O–H groups in total. The van der Waals surface area contributed by atoms with Crippen LogP contribution in [0.25, 0.3) is 0 Å². The van der Waals surface area contributed by atoms with Gasteiger partial charge in [-0.05, 0) is 31.3 Å². The van der Waals surface area contributed by atoms with Crippen LogP contribution in [0.5, 0.6) is 0 Å². The fourth-order valence-corrected chi connectivity index (χ4v) is 2.29. The SMILES string of the molecule is C=CCC1=CC(CC=C)C(CCCCC)=C1. The lowest BCUT2D eigenvalue weighted by Crippen LogP contribution is -1.96. The van der Waals surface area contributed by atoms with Gasteiger partial charge in [-0.3, -0.25) is 0 Å². The molecule has 0 aromatic rings. The molecule has 0 radical (unpaired) electrons. The molecular weight excluding hydrogens is 192 g/mol. The molecule has 88 valence electrons. The highest BCUT2D eigenvalue weighted by Crippen LogP contribution is 2.32. The van der Waals surface area contributed by atoms with E-state index in [0.29, 0.717) is 5.92 Å². The smallest absolute Gasteiger partial charge is 0.00203 e. The molecule has 0 amide bonds. The maximum atomic E-state index is 3.85. The molecule has 0 heteroatoms. The summed E-state index contributed by atoms with van der Waals surface area (Å²) in [5, 5.41) is 0. The highest BCUT2D eigenvalue weighted by molar-refractivity contribution is 5.37. The largest absolute Gasteiger partial charge is 0.103 e. The average Bonchev–Trinajstić information content (AvgIpc) is 2.63. The minimum absolute atomic E-state index is 0.615. The van der Waals surface area contributed by atoms with Crippen LogP contribution in [-0.2, 0) is 0 Å². The van der Waals surface area contributed by atoms with Crippen LogP contribution in [0.2, 0.25) is 0 Å². The highest BCUT2D eigenvalue weighted by Gasteiger charge is 2.16. The van der Waals surface area contributed by atoms with Gasteiger partial charge in [0.15, 0.2) is 0 Å². The van der Waals surface area contributed by atoms with E-state index in [1.165, 1.54) is 31.3 Å². The zero-order chi connectivity index (χ0) is 11.8. The van der Waals surface area contributed by atoms with Gasteiger partial charge in [-0.2, -0.15) is 0 Å². The molecule has 1 unspecified atom stereocenters. The molecule has 0 fully saturated rings. The Bertz CT molecular complexity index is 291. The molecule has 0 bridgehead atoms. The van der Waals surface area contributed by atoms with Crippen LogP contribution in [0.3, 0.4) is 0 Å². The third kappa shape index (κ3) is 3.84. The van der Waals surface area contributed by atoms with Crippen molar-refractivity contribution in [2.24, 2.45) is 5.92 Å². The lowest BCUT2D eigenvalue weighted by Gasteiger charge is -2.10. The number of hydrogen-bond acceptors (Lipinski definition) is 0. The van der Waals surface area contributed by atoms with Gasteiger partial charge in [0.1, 0.15) is 0 Å². The number of allylic oxidation sites excluding steroid dienone is 6. The van der Waals surface area contributed by atoms with Crippen molar-refractivity contribution in [3.8, 4) is 0 Å². The molecule has 1 aliphatic carbocycles. The molecule has 0 heterocycles.